The standard InChI is InChI=1S/C10H18N2O2/c1-14-10(3-2-4-10)5-9(13)12-8-6-11-7-8/h8,11H,2-7H2,1H3,(H,12,13). The molecule has 1 amide bonds. The van der Waals surface area contributed by atoms with E-state index in [4.69, 9.17) is 4.74 Å². The summed E-state index contributed by atoms with van der Waals surface area (Å²) in [4.78, 5) is 11.6. The third-order valence-corrected chi connectivity index (χ3v) is 3.33. The summed E-state index contributed by atoms with van der Waals surface area (Å²) in [5.41, 5.74) is -0.138. The monoisotopic (exact) mass is 198 g/mol. The second-order valence-electron chi connectivity index (χ2n) is 4.34. The molecular formula is C10H18N2O2. The fraction of sp³-hybridized carbons (Fsp3) is 0.900. The zero-order valence-electron chi connectivity index (χ0n) is 8.64. The smallest absolute Gasteiger partial charge is 0.223 e. The predicted octanol–water partition coefficient (Wildman–Crippen LogP) is 0.0336. The number of carbonyl (C=O) groups is 1. The fourth-order valence-corrected chi connectivity index (χ4v) is 1.99. The SMILES string of the molecule is COC1(CC(=O)NC2CNC2)CCC1. The largest absolute Gasteiger partial charge is 0.378 e. The Morgan fingerprint density at radius 3 is 2.64 bits per heavy atom. The molecule has 0 bridgehead atoms. The van der Waals surface area contributed by atoms with E-state index >= 15 is 0 Å². The van der Waals surface area contributed by atoms with E-state index in [1.807, 2.05) is 0 Å². The molecule has 1 saturated heterocycles. The highest BCUT2D eigenvalue weighted by Crippen LogP contribution is 2.37. The van der Waals surface area contributed by atoms with Crippen LogP contribution in [0.3, 0.4) is 0 Å². The molecule has 80 valence electrons. The molecule has 0 radical (unpaired) electrons. The van der Waals surface area contributed by atoms with Crippen molar-refractivity contribution in [3.63, 3.8) is 0 Å². The molecule has 2 fully saturated rings. The summed E-state index contributed by atoms with van der Waals surface area (Å²) in [5.74, 6) is 0.137. The average molecular weight is 198 g/mol. The van der Waals surface area contributed by atoms with Crippen molar-refractivity contribution >= 4 is 5.91 Å². The van der Waals surface area contributed by atoms with Crippen molar-refractivity contribution in [1.29, 1.82) is 0 Å². The van der Waals surface area contributed by atoms with Crippen LogP contribution < -0.4 is 10.6 Å². The molecule has 1 saturated carbocycles. The number of ether oxygens (including phenoxy) is 1. The van der Waals surface area contributed by atoms with Gasteiger partial charge in [-0.2, -0.15) is 0 Å². The van der Waals surface area contributed by atoms with E-state index in [1.54, 1.807) is 7.11 Å². The van der Waals surface area contributed by atoms with E-state index in [9.17, 15) is 4.79 Å². The van der Waals surface area contributed by atoms with Gasteiger partial charge in [-0.3, -0.25) is 4.79 Å². The lowest BCUT2D eigenvalue weighted by atomic mass is 9.77. The van der Waals surface area contributed by atoms with Crippen molar-refractivity contribution in [2.75, 3.05) is 20.2 Å². The van der Waals surface area contributed by atoms with E-state index in [2.05, 4.69) is 10.6 Å². The summed E-state index contributed by atoms with van der Waals surface area (Å²) in [6.07, 6.45) is 3.77. The second-order valence-corrected chi connectivity index (χ2v) is 4.34. The number of hydrogen-bond acceptors (Lipinski definition) is 3. The van der Waals surface area contributed by atoms with Crippen molar-refractivity contribution in [3.05, 3.63) is 0 Å². The molecule has 2 N–H and O–H groups in total. The molecular weight excluding hydrogens is 180 g/mol. The number of nitrogens with one attached hydrogen (secondary N) is 2. The van der Waals surface area contributed by atoms with Gasteiger partial charge < -0.3 is 15.4 Å². The minimum Gasteiger partial charge on any atom is -0.378 e. The molecule has 0 aromatic rings. The Morgan fingerprint density at radius 1 is 1.57 bits per heavy atom. The molecule has 4 heteroatoms. The molecule has 2 rings (SSSR count). The minimum atomic E-state index is -0.138. The van der Waals surface area contributed by atoms with Crippen LogP contribution in [0.4, 0.5) is 0 Å². The molecule has 14 heavy (non-hydrogen) atoms. The predicted molar refractivity (Wildman–Crippen MR) is 53.0 cm³/mol. The maximum atomic E-state index is 11.6. The highest BCUT2D eigenvalue weighted by molar-refractivity contribution is 5.77. The van der Waals surface area contributed by atoms with Gasteiger partial charge in [0.25, 0.3) is 0 Å². The molecule has 1 aliphatic carbocycles. The van der Waals surface area contributed by atoms with E-state index in [0.717, 1.165) is 25.9 Å². The van der Waals surface area contributed by atoms with Gasteiger partial charge in [0, 0.05) is 20.2 Å². The summed E-state index contributed by atoms with van der Waals surface area (Å²) in [7, 11) is 1.71. The van der Waals surface area contributed by atoms with Crippen LogP contribution in [0.2, 0.25) is 0 Å². The summed E-state index contributed by atoms with van der Waals surface area (Å²) in [5, 5.41) is 6.12. The molecule has 0 spiro atoms. The Bertz CT molecular complexity index is 217. The van der Waals surface area contributed by atoms with Crippen molar-refractivity contribution in [2.45, 2.75) is 37.3 Å². The molecule has 0 aromatic heterocycles. The topological polar surface area (TPSA) is 50.4 Å². The van der Waals surface area contributed by atoms with Gasteiger partial charge in [-0.05, 0) is 19.3 Å². The lowest BCUT2D eigenvalue weighted by molar-refractivity contribution is -0.135. The first-order valence-corrected chi connectivity index (χ1v) is 5.29. The van der Waals surface area contributed by atoms with Gasteiger partial charge in [-0.1, -0.05) is 0 Å². The maximum Gasteiger partial charge on any atom is 0.223 e. The van der Waals surface area contributed by atoms with E-state index in [-0.39, 0.29) is 11.5 Å². The van der Waals surface area contributed by atoms with Gasteiger partial charge in [0.15, 0.2) is 0 Å². The Labute approximate surface area is 84.4 Å². The number of methoxy groups -OCH3 is 1. The average Bonchev–Trinajstić information content (AvgIpc) is 2.04. The Hall–Kier alpha value is -0.610. The van der Waals surface area contributed by atoms with E-state index < -0.39 is 0 Å². The number of rotatable bonds is 4. The normalized spacial score (nSPS) is 24.9. The number of hydrogen-bond donors (Lipinski definition) is 2. The van der Waals surface area contributed by atoms with Gasteiger partial charge in [0.05, 0.1) is 18.1 Å². The van der Waals surface area contributed by atoms with Gasteiger partial charge >= 0.3 is 0 Å². The fourth-order valence-electron chi connectivity index (χ4n) is 1.99. The maximum absolute atomic E-state index is 11.6. The number of amides is 1. The van der Waals surface area contributed by atoms with Crippen LogP contribution in [0.5, 0.6) is 0 Å². The van der Waals surface area contributed by atoms with Gasteiger partial charge in [-0.15, -0.1) is 0 Å². The number of carbonyl (C=O) groups excluding carboxylic acids is 1. The lowest BCUT2D eigenvalue weighted by Crippen LogP contribution is -2.58. The first kappa shape index (κ1) is 9.93. The molecule has 0 unspecified atom stereocenters. The van der Waals surface area contributed by atoms with Crippen molar-refractivity contribution < 1.29 is 9.53 Å². The van der Waals surface area contributed by atoms with Crippen LogP contribution in [-0.2, 0) is 9.53 Å². The van der Waals surface area contributed by atoms with Crippen molar-refractivity contribution in [3.8, 4) is 0 Å². The third-order valence-electron chi connectivity index (χ3n) is 3.33. The molecule has 1 heterocycles. The van der Waals surface area contributed by atoms with Crippen LogP contribution >= 0.6 is 0 Å². The highest BCUT2D eigenvalue weighted by atomic mass is 16.5. The molecule has 4 nitrogen and oxygen atoms in total. The highest BCUT2D eigenvalue weighted by Gasteiger charge is 2.39. The minimum absolute atomic E-state index is 0.137. The van der Waals surface area contributed by atoms with Crippen LogP contribution in [0.15, 0.2) is 0 Å². The Balaban J connectivity index is 1.75. The Morgan fingerprint density at radius 2 is 2.29 bits per heavy atom. The van der Waals surface area contributed by atoms with Crippen LogP contribution in [0, 0.1) is 0 Å². The van der Waals surface area contributed by atoms with Crippen molar-refractivity contribution in [2.24, 2.45) is 0 Å². The third kappa shape index (κ3) is 1.91. The second kappa shape index (κ2) is 3.87. The zero-order chi connectivity index (χ0) is 10.0. The lowest BCUT2D eigenvalue weighted by Gasteiger charge is -2.40. The zero-order valence-corrected chi connectivity index (χ0v) is 8.64. The van der Waals surface area contributed by atoms with Crippen molar-refractivity contribution in [1.82, 2.24) is 10.6 Å². The molecule has 2 aliphatic rings. The summed E-state index contributed by atoms with van der Waals surface area (Å²) in [6.45, 7) is 1.82. The van der Waals surface area contributed by atoms with Crippen LogP contribution in [-0.4, -0.2) is 37.7 Å². The first-order valence-electron chi connectivity index (χ1n) is 5.29. The summed E-state index contributed by atoms with van der Waals surface area (Å²) >= 11 is 0. The van der Waals surface area contributed by atoms with Gasteiger partial charge in [0.1, 0.15) is 0 Å². The van der Waals surface area contributed by atoms with Crippen LogP contribution in [0.1, 0.15) is 25.7 Å². The Kier molecular flexibility index (Phi) is 2.74. The quantitative estimate of drug-likeness (QED) is 0.670. The van der Waals surface area contributed by atoms with E-state index in [0.29, 0.717) is 12.5 Å². The molecule has 1 aliphatic heterocycles. The first-order chi connectivity index (χ1) is 6.74. The summed E-state index contributed by atoms with van der Waals surface area (Å²) < 4.78 is 5.40. The summed E-state index contributed by atoms with van der Waals surface area (Å²) in [6, 6.07) is 0.344. The van der Waals surface area contributed by atoms with Gasteiger partial charge in [-0.25, -0.2) is 0 Å². The molecule has 0 atom stereocenters. The van der Waals surface area contributed by atoms with Crippen LogP contribution in [0.25, 0.3) is 0 Å². The van der Waals surface area contributed by atoms with Gasteiger partial charge in [0.2, 0.25) is 5.91 Å². The molecule has 0 aromatic carbocycles. The van der Waals surface area contributed by atoms with E-state index in [1.165, 1.54) is 6.42 Å².